The van der Waals surface area contributed by atoms with Gasteiger partial charge >= 0.3 is 0 Å². The summed E-state index contributed by atoms with van der Waals surface area (Å²) < 4.78 is 5.24. The van der Waals surface area contributed by atoms with Crippen molar-refractivity contribution in [3.8, 4) is 11.5 Å². The average molecular weight is 250 g/mol. The largest absolute Gasteiger partial charge is 0.398 e. The molecule has 2 N–H and O–H groups in total. The van der Waals surface area contributed by atoms with Gasteiger partial charge in [0.2, 0.25) is 0 Å². The van der Waals surface area contributed by atoms with Gasteiger partial charge in [0.1, 0.15) is 0 Å². The molecule has 1 heterocycles. The highest BCUT2D eigenvalue weighted by Crippen LogP contribution is 2.46. The van der Waals surface area contributed by atoms with Crippen LogP contribution >= 0.6 is 11.6 Å². The van der Waals surface area contributed by atoms with Gasteiger partial charge in [-0.05, 0) is 30.5 Å². The first-order valence-corrected chi connectivity index (χ1v) is 5.92. The van der Waals surface area contributed by atoms with E-state index in [9.17, 15) is 0 Å². The number of benzene rings is 1. The van der Waals surface area contributed by atoms with Crippen LogP contribution in [0.3, 0.4) is 0 Å². The van der Waals surface area contributed by atoms with Crippen molar-refractivity contribution in [2.45, 2.75) is 19.3 Å². The summed E-state index contributed by atoms with van der Waals surface area (Å²) in [6.45, 7) is 2.18. The van der Waals surface area contributed by atoms with Crippen molar-refractivity contribution in [3.63, 3.8) is 0 Å². The van der Waals surface area contributed by atoms with Crippen LogP contribution in [0.4, 0.5) is 5.69 Å². The lowest BCUT2D eigenvalue weighted by Crippen LogP contribution is -1.90. The quantitative estimate of drug-likeness (QED) is 0.831. The molecular weight excluding hydrogens is 238 g/mol. The molecule has 17 heavy (non-hydrogen) atoms. The lowest BCUT2D eigenvalue weighted by Gasteiger charge is -2.00. The zero-order chi connectivity index (χ0) is 12.0. The van der Waals surface area contributed by atoms with Gasteiger partial charge in [0.05, 0.1) is 5.56 Å². The van der Waals surface area contributed by atoms with Crippen LogP contribution in [0.5, 0.6) is 0 Å². The van der Waals surface area contributed by atoms with Crippen LogP contribution in [0, 0.1) is 5.92 Å². The van der Waals surface area contributed by atoms with Crippen LogP contribution in [-0.2, 0) is 0 Å². The first-order chi connectivity index (χ1) is 8.15. The van der Waals surface area contributed by atoms with E-state index in [1.54, 1.807) is 18.2 Å². The first-order valence-electron chi connectivity index (χ1n) is 5.54. The Morgan fingerprint density at radius 2 is 2.24 bits per heavy atom. The Morgan fingerprint density at radius 3 is 2.94 bits per heavy atom. The molecule has 2 aromatic rings. The Hall–Kier alpha value is -1.55. The Labute approximate surface area is 104 Å². The molecule has 0 saturated heterocycles. The highest BCUT2D eigenvalue weighted by molar-refractivity contribution is 6.31. The number of halogens is 1. The van der Waals surface area contributed by atoms with E-state index in [4.69, 9.17) is 21.9 Å². The van der Waals surface area contributed by atoms with E-state index in [-0.39, 0.29) is 0 Å². The first kappa shape index (κ1) is 10.6. The van der Waals surface area contributed by atoms with Gasteiger partial charge in [0.15, 0.2) is 5.82 Å². The molecule has 1 aliphatic carbocycles. The van der Waals surface area contributed by atoms with E-state index in [2.05, 4.69) is 17.1 Å². The van der Waals surface area contributed by atoms with Crippen LogP contribution in [0.25, 0.3) is 11.5 Å². The minimum atomic E-state index is 0.438. The number of hydrogen-bond acceptors (Lipinski definition) is 4. The highest BCUT2D eigenvalue weighted by Gasteiger charge is 2.38. The Balaban J connectivity index is 1.98. The molecule has 2 atom stereocenters. The molecule has 0 bridgehead atoms. The van der Waals surface area contributed by atoms with E-state index >= 15 is 0 Å². The molecular formula is C12H12ClN3O. The van der Waals surface area contributed by atoms with Crippen molar-refractivity contribution in [3.05, 3.63) is 29.0 Å². The zero-order valence-corrected chi connectivity index (χ0v) is 10.1. The summed E-state index contributed by atoms with van der Waals surface area (Å²) in [4.78, 5) is 4.38. The van der Waals surface area contributed by atoms with Crippen molar-refractivity contribution >= 4 is 17.3 Å². The molecule has 4 nitrogen and oxygen atoms in total. The summed E-state index contributed by atoms with van der Waals surface area (Å²) in [6.07, 6.45) is 1.13. The summed E-state index contributed by atoms with van der Waals surface area (Å²) >= 11 is 5.93. The topological polar surface area (TPSA) is 64.9 Å². The third kappa shape index (κ3) is 1.89. The number of nitrogens with zero attached hydrogens (tertiary/aromatic N) is 2. The summed E-state index contributed by atoms with van der Waals surface area (Å²) in [5.74, 6) is 2.30. The van der Waals surface area contributed by atoms with Crippen LogP contribution in [-0.4, -0.2) is 10.1 Å². The number of nitrogen functional groups attached to an aromatic ring is 1. The Morgan fingerprint density at radius 1 is 1.47 bits per heavy atom. The molecule has 88 valence electrons. The monoisotopic (exact) mass is 249 g/mol. The fraction of sp³-hybridized carbons (Fsp3) is 0.333. The normalized spacial score (nSPS) is 22.7. The maximum absolute atomic E-state index is 5.93. The van der Waals surface area contributed by atoms with E-state index in [0.717, 1.165) is 12.2 Å². The number of nitrogens with two attached hydrogens (primary N) is 1. The van der Waals surface area contributed by atoms with Crippen molar-refractivity contribution in [2.24, 2.45) is 5.92 Å². The minimum absolute atomic E-state index is 0.438. The van der Waals surface area contributed by atoms with Crippen molar-refractivity contribution in [1.29, 1.82) is 0 Å². The number of hydrogen-bond donors (Lipinski definition) is 1. The van der Waals surface area contributed by atoms with Gasteiger partial charge in [-0.25, -0.2) is 0 Å². The molecule has 1 saturated carbocycles. The third-order valence-corrected chi connectivity index (χ3v) is 3.36. The molecule has 1 aliphatic rings. The van der Waals surface area contributed by atoms with Gasteiger partial charge in [0, 0.05) is 16.6 Å². The van der Waals surface area contributed by atoms with Gasteiger partial charge in [-0.15, -0.1) is 0 Å². The molecule has 1 fully saturated rings. The van der Waals surface area contributed by atoms with Crippen molar-refractivity contribution in [2.75, 3.05) is 5.73 Å². The fourth-order valence-corrected chi connectivity index (χ4v) is 2.06. The van der Waals surface area contributed by atoms with Gasteiger partial charge in [0.25, 0.3) is 5.89 Å². The number of aromatic nitrogens is 2. The second-order valence-corrected chi connectivity index (χ2v) is 4.95. The predicted octanol–water partition coefficient (Wildman–Crippen LogP) is 3.10. The average Bonchev–Trinajstić information content (AvgIpc) is 2.85. The summed E-state index contributed by atoms with van der Waals surface area (Å²) in [5.41, 5.74) is 7.15. The standard InChI is InChI=1S/C12H12ClN3O/c1-6-4-8(6)11-15-12(17-16-11)9-5-7(13)2-3-10(9)14/h2-3,5-6,8H,4,14H2,1H3. The van der Waals surface area contributed by atoms with Crippen LogP contribution < -0.4 is 5.73 Å². The summed E-state index contributed by atoms with van der Waals surface area (Å²) in [6, 6.07) is 5.21. The summed E-state index contributed by atoms with van der Waals surface area (Å²) in [5, 5.41) is 4.60. The van der Waals surface area contributed by atoms with Gasteiger partial charge in [-0.3, -0.25) is 0 Å². The van der Waals surface area contributed by atoms with Gasteiger partial charge in [-0.1, -0.05) is 23.7 Å². The predicted molar refractivity (Wildman–Crippen MR) is 65.7 cm³/mol. The van der Waals surface area contributed by atoms with E-state index in [1.165, 1.54) is 0 Å². The summed E-state index contributed by atoms with van der Waals surface area (Å²) in [7, 11) is 0. The minimum Gasteiger partial charge on any atom is -0.398 e. The number of anilines is 1. The lowest BCUT2D eigenvalue weighted by atomic mass is 10.2. The van der Waals surface area contributed by atoms with E-state index < -0.39 is 0 Å². The second kappa shape index (κ2) is 3.74. The van der Waals surface area contributed by atoms with Crippen molar-refractivity contribution in [1.82, 2.24) is 10.1 Å². The zero-order valence-electron chi connectivity index (χ0n) is 9.35. The molecule has 0 radical (unpaired) electrons. The maximum Gasteiger partial charge on any atom is 0.260 e. The molecule has 0 aliphatic heterocycles. The van der Waals surface area contributed by atoms with Crippen LogP contribution in [0.2, 0.25) is 5.02 Å². The molecule has 2 unspecified atom stereocenters. The number of rotatable bonds is 2. The highest BCUT2D eigenvalue weighted by atomic mass is 35.5. The lowest BCUT2D eigenvalue weighted by molar-refractivity contribution is 0.422. The van der Waals surface area contributed by atoms with Crippen LogP contribution in [0.15, 0.2) is 22.7 Å². The molecule has 1 aromatic carbocycles. The smallest absolute Gasteiger partial charge is 0.260 e. The Kier molecular flexibility index (Phi) is 2.33. The molecule has 0 amide bonds. The fourth-order valence-electron chi connectivity index (χ4n) is 1.89. The molecule has 1 aromatic heterocycles. The SMILES string of the molecule is CC1CC1c1noc(-c2cc(Cl)ccc2N)n1. The Bertz CT molecular complexity index is 567. The molecule has 0 spiro atoms. The molecule has 5 heteroatoms. The van der Waals surface area contributed by atoms with Crippen molar-refractivity contribution < 1.29 is 4.52 Å². The molecule has 3 rings (SSSR count). The van der Waals surface area contributed by atoms with E-state index in [1.807, 2.05) is 0 Å². The van der Waals surface area contributed by atoms with Gasteiger partial charge < -0.3 is 10.3 Å². The second-order valence-electron chi connectivity index (χ2n) is 4.51. The maximum atomic E-state index is 5.93. The third-order valence-electron chi connectivity index (χ3n) is 3.13. The van der Waals surface area contributed by atoms with E-state index in [0.29, 0.717) is 34.0 Å². The van der Waals surface area contributed by atoms with Crippen LogP contribution in [0.1, 0.15) is 25.1 Å². The van der Waals surface area contributed by atoms with Gasteiger partial charge in [-0.2, -0.15) is 4.98 Å².